The SMILES string of the molecule is CC(=O)c1ccoc1-c1ccc([N+](=O)[O-])cc1. The summed E-state index contributed by atoms with van der Waals surface area (Å²) in [6.45, 7) is 1.44. The highest BCUT2D eigenvalue weighted by molar-refractivity contribution is 5.99. The minimum atomic E-state index is -0.474. The number of hydrogen-bond donors (Lipinski definition) is 0. The largest absolute Gasteiger partial charge is 0.464 e. The summed E-state index contributed by atoms with van der Waals surface area (Å²) in [5.74, 6) is 0.333. The number of carbonyl (C=O) groups is 1. The molecule has 0 aliphatic heterocycles. The molecule has 0 amide bonds. The van der Waals surface area contributed by atoms with Crippen LogP contribution in [-0.4, -0.2) is 10.7 Å². The average Bonchev–Trinajstić information content (AvgIpc) is 2.78. The van der Waals surface area contributed by atoms with Gasteiger partial charge in [0.05, 0.1) is 16.7 Å². The normalized spacial score (nSPS) is 10.2. The lowest BCUT2D eigenvalue weighted by atomic mass is 10.1. The number of nitro benzene ring substituents is 1. The van der Waals surface area contributed by atoms with Crippen molar-refractivity contribution in [2.24, 2.45) is 0 Å². The van der Waals surface area contributed by atoms with E-state index in [0.717, 1.165) is 0 Å². The van der Waals surface area contributed by atoms with Crippen LogP contribution in [-0.2, 0) is 0 Å². The zero-order valence-corrected chi connectivity index (χ0v) is 9.04. The second kappa shape index (κ2) is 4.21. The van der Waals surface area contributed by atoms with Gasteiger partial charge in [-0.25, -0.2) is 0 Å². The van der Waals surface area contributed by atoms with Crippen molar-refractivity contribution in [3.8, 4) is 11.3 Å². The highest BCUT2D eigenvalue weighted by Crippen LogP contribution is 2.26. The van der Waals surface area contributed by atoms with Crippen molar-refractivity contribution < 1.29 is 14.1 Å². The molecular weight excluding hydrogens is 222 g/mol. The monoisotopic (exact) mass is 231 g/mol. The number of Topliss-reactive ketones (excluding diaryl/α,β-unsaturated/α-hetero) is 1. The van der Waals surface area contributed by atoms with Gasteiger partial charge in [-0.15, -0.1) is 0 Å². The van der Waals surface area contributed by atoms with E-state index in [1.54, 1.807) is 18.2 Å². The lowest BCUT2D eigenvalue weighted by molar-refractivity contribution is -0.384. The summed E-state index contributed by atoms with van der Waals surface area (Å²) < 4.78 is 5.22. The van der Waals surface area contributed by atoms with Gasteiger partial charge in [-0.1, -0.05) is 0 Å². The van der Waals surface area contributed by atoms with Crippen molar-refractivity contribution in [3.63, 3.8) is 0 Å². The summed E-state index contributed by atoms with van der Waals surface area (Å²) in [4.78, 5) is 21.3. The molecule has 5 nitrogen and oxygen atoms in total. The Morgan fingerprint density at radius 1 is 1.24 bits per heavy atom. The molecule has 2 rings (SSSR count). The number of nitro groups is 1. The van der Waals surface area contributed by atoms with Crippen molar-refractivity contribution in [1.29, 1.82) is 0 Å². The Balaban J connectivity index is 2.43. The number of ketones is 1. The van der Waals surface area contributed by atoms with Crippen LogP contribution in [0.15, 0.2) is 41.0 Å². The highest BCUT2D eigenvalue weighted by atomic mass is 16.6. The van der Waals surface area contributed by atoms with E-state index < -0.39 is 4.92 Å². The summed E-state index contributed by atoms with van der Waals surface area (Å²) in [6, 6.07) is 7.45. The van der Waals surface area contributed by atoms with E-state index in [-0.39, 0.29) is 11.5 Å². The van der Waals surface area contributed by atoms with Gasteiger partial charge in [0.15, 0.2) is 5.78 Å². The molecule has 0 bridgehead atoms. The van der Waals surface area contributed by atoms with Crippen molar-refractivity contribution in [3.05, 3.63) is 52.3 Å². The van der Waals surface area contributed by atoms with Crippen LogP contribution in [0.3, 0.4) is 0 Å². The first-order chi connectivity index (χ1) is 8.09. The molecule has 0 aliphatic carbocycles. The second-order valence-electron chi connectivity index (χ2n) is 3.52. The molecule has 0 unspecified atom stereocenters. The smallest absolute Gasteiger partial charge is 0.269 e. The number of furan rings is 1. The summed E-state index contributed by atoms with van der Waals surface area (Å²) >= 11 is 0. The van der Waals surface area contributed by atoms with E-state index >= 15 is 0 Å². The second-order valence-corrected chi connectivity index (χ2v) is 3.52. The number of hydrogen-bond acceptors (Lipinski definition) is 4. The standard InChI is InChI=1S/C12H9NO4/c1-8(14)11-6-7-17-12(11)9-2-4-10(5-3-9)13(15)16/h2-7H,1H3. The number of non-ortho nitro benzene ring substituents is 1. The van der Waals surface area contributed by atoms with Gasteiger partial charge >= 0.3 is 0 Å². The minimum Gasteiger partial charge on any atom is -0.464 e. The molecule has 0 fully saturated rings. The van der Waals surface area contributed by atoms with E-state index in [9.17, 15) is 14.9 Å². The fourth-order valence-electron chi connectivity index (χ4n) is 1.54. The van der Waals surface area contributed by atoms with Gasteiger partial charge in [-0.2, -0.15) is 0 Å². The Labute approximate surface area is 96.8 Å². The molecule has 1 aromatic carbocycles. The van der Waals surface area contributed by atoms with Crippen LogP contribution in [0.25, 0.3) is 11.3 Å². The molecule has 17 heavy (non-hydrogen) atoms. The van der Waals surface area contributed by atoms with Gasteiger partial charge < -0.3 is 4.42 Å². The van der Waals surface area contributed by atoms with Crippen LogP contribution in [0.5, 0.6) is 0 Å². The maximum absolute atomic E-state index is 11.3. The summed E-state index contributed by atoms with van der Waals surface area (Å²) in [7, 11) is 0. The Kier molecular flexibility index (Phi) is 2.74. The molecule has 0 spiro atoms. The molecule has 0 saturated carbocycles. The first-order valence-electron chi connectivity index (χ1n) is 4.93. The molecule has 1 aromatic heterocycles. The Hall–Kier alpha value is -2.43. The fraction of sp³-hybridized carbons (Fsp3) is 0.0833. The maximum Gasteiger partial charge on any atom is 0.269 e. The third kappa shape index (κ3) is 2.08. The molecule has 86 valence electrons. The minimum absolute atomic E-state index is 0.00433. The molecule has 0 atom stereocenters. The predicted octanol–water partition coefficient (Wildman–Crippen LogP) is 3.06. The average molecular weight is 231 g/mol. The molecular formula is C12H9NO4. The van der Waals surface area contributed by atoms with Crippen LogP contribution in [0.4, 0.5) is 5.69 Å². The molecule has 5 heteroatoms. The Morgan fingerprint density at radius 2 is 1.88 bits per heavy atom. The maximum atomic E-state index is 11.3. The van der Waals surface area contributed by atoms with Gasteiger partial charge in [0.2, 0.25) is 0 Å². The van der Waals surface area contributed by atoms with Crippen LogP contribution in [0.2, 0.25) is 0 Å². The predicted molar refractivity (Wildman–Crippen MR) is 60.8 cm³/mol. The van der Waals surface area contributed by atoms with Gasteiger partial charge in [0.25, 0.3) is 5.69 Å². The number of nitrogens with zero attached hydrogens (tertiary/aromatic N) is 1. The highest BCUT2D eigenvalue weighted by Gasteiger charge is 2.13. The lowest BCUT2D eigenvalue weighted by Gasteiger charge is -1.99. The fourth-order valence-corrected chi connectivity index (χ4v) is 1.54. The van der Waals surface area contributed by atoms with Gasteiger partial charge in [-0.3, -0.25) is 14.9 Å². The van der Waals surface area contributed by atoms with Gasteiger partial charge in [-0.05, 0) is 25.1 Å². The summed E-state index contributed by atoms with van der Waals surface area (Å²) in [5, 5.41) is 10.5. The number of benzene rings is 1. The van der Waals surface area contributed by atoms with E-state index in [4.69, 9.17) is 4.42 Å². The summed E-state index contributed by atoms with van der Waals surface area (Å²) in [5.41, 5.74) is 1.12. The third-order valence-corrected chi connectivity index (χ3v) is 2.38. The van der Waals surface area contributed by atoms with E-state index in [1.807, 2.05) is 0 Å². The van der Waals surface area contributed by atoms with Crippen LogP contribution >= 0.6 is 0 Å². The van der Waals surface area contributed by atoms with Crippen molar-refractivity contribution in [1.82, 2.24) is 0 Å². The van der Waals surface area contributed by atoms with Crippen LogP contribution in [0, 0.1) is 10.1 Å². The molecule has 1 heterocycles. The van der Waals surface area contributed by atoms with E-state index in [2.05, 4.69) is 0 Å². The van der Waals surface area contributed by atoms with Crippen molar-refractivity contribution >= 4 is 11.5 Å². The molecule has 2 aromatic rings. The topological polar surface area (TPSA) is 73.3 Å². The van der Waals surface area contributed by atoms with Gasteiger partial charge in [0.1, 0.15) is 5.76 Å². The number of rotatable bonds is 3. The Morgan fingerprint density at radius 3 is 2.41 bits per heavy atom. The van der Waals surface area contributed by atoms with Crippen LogP contribution < -0.4 is 0 Å². The van der Waals surface area contributed by atoms with Crippen LogP contribution in [0.1, 0.15) is 17.3 Å². The molecule has 0 radical (unpaired) electrons. The first kappa shape index (κ1) is 11.1. The quantitative estimate of drug-likeness (QED) is 0.462. The first-order valence-corrected chi connectivity index (χ1v) is 4.93. The Bertz CT molecular complexity index is 568. The zero-order valence-electron chi connectivity index (χ0n) is 9.04. The molecule has 0 N–H and O–H groups in total. The zero-order chi connectivity index (χ0) is 12.4. The van der Waals surface area contributed by atoms with Gasteiger partial charge in [0, 0.05) is 17.7 Å². The van der Waals surface area contributed by atoms with Crippen molar-refractivity contribution in [2.45, 2.75) is 6.92 Å². The number of carbonyl (C=O) groups excluding carboxylic acids is 1. The van der Waals surface area contributed by atoms with Crippen molar-refractivity contribution in [2.75, 3.05) is 0 Å². The molecule has 0 aliphatic rings. The summed E-state index contributed by atoms with van der Waals surface area (Å²) in [6.07, 6.45) is 1.42. The molecule has 0 saturated heterocycles. The van der Waals surface area contributed by atoms with E-state index in [1.165, 1.54) is 25.3 Å². The van der Waals surface area contributed by atoms with E-state index in [0.29, 0.717) is 16.9 Å². The lowest BCUT2D eigenvalue weighted by Crippen LogP contribution is -1.92. The third-order valence-electron chi connectivity index (χ3n) is 2.38.